The van der Waals surface area contributed by atoms with Crippen molar-refractivity contribution < 1.29 is 19.1 Å². The number of hydrogen-bond acceptors (Lipinski definition) is 7. The Bertz CT molecular complexity index is 1090. The largest absolute Gasteiger partial charge is 0.452 e. The third kappa shape index (κ3) is 3.04. The van der Waals surface area contributed by atoms with E-state index in [1.807, 2.05) is 6.92 Å². The van der Waals surface area contributed by atoms with Crippen LogP contribution >= 0.6 is 0 Å². The molecule has 0 fully saturated rings. The van der Waals surface area contributed by atoms with E-state index in [1.165, 1.54) is 21.9 Å². The average Bonchev–Trinajstić information content (AvgIpc) is 3.19. The van der Waals surface area contributed by atoms with Crippen molar-refractivity contribution in [2.24, 2.45) is 0 Å². The minimum atomic E-state index is -0.690. The molecule has 0 saturated heterocycles. The van der Waals surface area contributed by atoms with Gasteiger partial charge in [-0.2, -0.15) is 10.1 Å². The van der Waals surface area contributed by atoms with Crippen molar-refractivity contribution in [1.29, 1.82) is 0 Å². The number of para-hydroxylation sites is 2. The molecule has 1 aliphatic rings. The second-order valence-corrected chi connectivity index (χ2v) is 6.07. The van der Waals surface area contributed by atoms with Gasteiger partial charge in [-0.15, -0.1) is 0 Å². The van der Waals surface area contributed by atoms with Gasteiger partial charge in [-0.1, -0.05) is 19.1 Å². The van der Waals surface area contributed by atoms with Crippen molar-refractivity contribution >= 4 is 34.9 Å². The molecule has 0 aliphatic carbocycles. The third-order valence-electron chi connectivity index (χ3n) is 4.36. The first-order chi connectivity index (χ1) is 13.6. The minimum absolute atomic E-state index is 0.139. The van der Waals surface area contributed by atoms with Crippen LogP contribution in [0.25, 0.3) is 5.78 Å². The quantitative estimate of drug-likeness (QED) is 0.666. The van der Waals surface area contributed by atoms with Gasteiger partial charge in [-0.25, -0.2) is 14.3 Å². The Morgan fingerprint density at radius 2 is 2.07 bits per heavy atom. The lowest BCUT2D eigenvalue weighted by Crippen LogP contribution is -2.44. The van der Waals surface area contributed by atoms with Crippen molar-refractivity contribution in [3.05, 3.63) is 48.0 Å². The molecule has 28 heavy (non-hydrogen) atoms. The molecule has 10 heteroatoms. The topological polar surface area (TPSA) is 119 Å². The van der Waals surface area contributed by atoms with Crippen LogP contribution in [0.1, 0.15) is 23.0 Å². The summed E-state index contributed by atoms with van der Waals surface area (Å²) in [4.78, 5) is 46.3. The molecular formula is C18H16N6O4. The zero-order chi connectivity index (χ0) is 19.7. The van der Waals surface area contributed by atoms with E-state index in [4.69, 9.17) is 4.74 Å². The molecule has 142 valence electrons. The summed E-state index contributed by atoms with van der Waals surface area (Å²) in [6, 6.07) is 6.93. The number of carbonyl (C=O) groups is 3. The Morgan fingerprint density at radius 3 is 2.89 bits per heavy atom. The number of aryl methyl sites for hydroxylation is 1. The van der Waals surface area contributed by atoms with Gasteiger partial charge in [0.2, 0.25) is 5.91 Å². The van der Waals surface area contributed by atoms with E-state index in [1.54, 1.807) is 24.3 Å². The van der Waals surface area contributed by atoms with Crippen molar-refractivity contribution in [1.82, 2.24) is 19.6 Å². The number of anilines is 2. The van der Waals surface area contributed by atoms with Crippen molar-refractivity contribution in [3.63, 3.8) is 0 Å². The average molecular weight is 380 g/mol. The summed E-state index contributed by atoms with van der Waals surface area (Å²) in [6.07, 6.45) is 3.21. The number of hydrogen-bond donors (Lipinski definition) is 1. The van der Waals surface area contributed by atoms with Crippen molar-refractivity contribution in [3.8, 4) is 0 Å². The van der Waals surface area contributed by atoms with Gasteiger partial charge in [-0.3, -0.25) is 14.5 Å². The molecule has 4 rings (SSSR count). The lowest BCUT2D eigenvalue weighted by Gasteiger charge is -2.28. The van der Waals surface area contributed by atoms with E-state index in [2.05, 4.69) is 20.4 Å². The summed E-state index contributed by atoms with van der Waals surface area (Å²) in [6.45, 7) is 1.22. The maximum Gasteiger partial charge on any atom is 0.342 e. The van der Waals surface area contributed by atoms with Gasteiger partial charge in [0, 0.05) is 6.20 Å². The first kappa shape index (κ1) is 17.6. The van der Waals surface area contributed by atoms with Gasteiger partial charge >= 0.3 is 5.97 Å². The summed E-state index contributed by atoms with van der Waals surface area (Å²) in [5.74, 6) is -1.12. The molecule has 10 nitrogen and oxygen atoms in total. The standard InChI is InChI=1S/C18H16N6O4/c1-2-13-11(7-19-18-20-10-21-24(13)18)17(27)28-9-16(26)23-8-15(25)22-12-5-3-4-6-14(12)23/h3-7,10H,2,8-9H2,1H3,(H,22,25). The van der Waals surface area contributed by atoms with Crippen LogP contribution in [-0.4, -0.2) is 50.5 Å². The smallest absolute Gasteiger partial charge is 0.342 e. The van der Waals surface area contributed by atoms with Gasteiger partial charge < -0.3 is 10.1 Å². The number of ether oxygens (including phenoxy) is 1. The Balaban J connectivity index is 1.51. The lowest BCUT2D eigenvalue weighted by molar-refractivity contribution is -0.124. The molecule has 0 spiro atoms. The Kier molecular flexibility index (Phi) is 4.44. The number of carbonyl (C=O) groups excluding carboxylic acids is 3. The number of amides is 2. The molecule has 0 unspecified atom stereocenters. The summed E-state index contributed by atoms with van der Waals surface area (Å²) in [5.41, 5.74) is 1.89. The molecule has 3 heterocycles. The number of fused-ring (bicyclic) bond motifs is 2. The van der Waals surface area contributed by atoms with Gasteiger partial charge in [0.15, 0.2) is 6.61 Å². The van der Waals surface area contributed by atoms with Crippen LogP contribution in [0.2, 0.25) is 0 Å². The number of nitrogens with one attached hydrogen (secondary N) is 1. The first-order valence-corrected chi connectivity index (χ1v) is 8.62. The molecule has 0 atom stereocenters. The molecule has 0 saturated carbocycles. The highest BCUT2D eigenvalue weighted by Crippen LogP contribution is 2.28. The van der Waals surface area contributed by atoms with E-state index < -0.39 is 18.5 Å². The molecular weight excluding hydrogens is 364 g/mol. The maximum atomic E-state index is 12.6. The van der Waals surface area contributed by atoms with Gasteiger partial charge in [0.1, 0.15) is 12.9 Å². The van der Waals surface area contributed by atoms with Crippen LogP contribution in [0, 0.1) is 0 Å². The Morgan fingerprint density at radius 1 is 1.25 bits per heavy atom. The Hall–Kier alpha value is -3.82. The number of benzene rings is 1. The van der Waals surface area contributed by atoms with Crippen LogP contribution in [0.15, 0.2) is 36.8 Å². The lowest BCUT2D eigenvalue weighted by atomic mass is 10.2. The molecule has 0 radical (unpaired) electrons. The first-order valence-electron chi connectivity index (χ1n) is 8.62. The van der Waals surface area contributed by atoms with Crippen LogP contribution in [0.5, 0.6) is 0 Å². The molecule has 1 aliphatic heterocycles. The van der Waals surface area contributed by atoms with E-state index in [0.717, 1.165) is 0 Å². The van der Waals surface area contributed by atoms with E-state index in [0.29, 0.717) is 29.3 Å². The fourth-order valence-corrected chi connectivity index (χ4v) is 3.07. The van der Waals surface area contributed by atoms with Gasteiger partial charge in [0.25, 0.3) is 11.7 Å². The monoisotopic (exact) mass is 380 g/mol. The van der Waals surface area contributed by atoms with Crippen LogP contribution in [0.4, 0.5) is 11.4 Å². The second-order valence-electron chi connectivity index (χ2n) is 6.07. The van der Waals surface area contributed by atoms with E-state index in [9.17, 15) is 14.4 Å². The highest BCUT2D eigenvalue weighted by Gasteiger charge is 2.27. The molecule has 3 aromatic rings. The SMILES string of the molecule is CCc1c(C(=O)OCC(=O)N2CC(=O)Nc3ccccc32)cnc2ncnn12. The van der Waals surface area contributed by atoms with Crippen LogP contribution in [0.3, 0.4) is 0 Å². The minimum Gasteiger partial charge on any atom is -0.452 e. The third-order valence-corrected chi connectivity index (χ3v) is 4.36. The zero-order valence-electron chi connectivity index (χ0n) is 15.0. The molecule has 2 amide bonds. The Labute approximate surface area is 159 Å². The predicted molar refractivity (Wildman–Crippen MR) is 97.9 cm³/mol. The van der Waals surface area contributed by atoms with E-state index >= 15 is 0 Å². The summed E-state index contributed by atoms with van der Waals surface area (Å²) >= 11 is 0. The van der Waals surface area contributed by atoms with Crippen LogP contribution in [-0.2, 0) is 20.7 Å². The van der Waals surface area contributed by atoms with Crippen molar-refractivity contribution in [2.75, 3.05) is 23.4 Å². The fourth-order valence-electron chi connectivity index (χ4n) is 3.07. The summed E-state index contributed by atoms with van der Waals surface area (Å²) in [5, 5.41) is 6.75. The fraction of sp³-hybridized carbons (Fsp3) is 0.222. The normalized spacial score (nSPS) is 13.2. The van der Waals surface area contributed by atoms with Gasteiger partial charge in [0.05, 0.1) is 22.6 Å². The highest BCUT2D eigenvalue weighted by atomic mass is 16.5. The molecule has 1 aromatic carbocycles. The number of rotatable bonds is 4. The highest BCUT2D eigenvalue weighted by molar-refractivity contribution is 6.10. The number of esters is 1. The molecule has 1 N–H and O–H groups in total. The van der Waals surface area contributed by atoms with Gasteiger partial charge in [-0.05, 0) is 18.6 Å². The predicted octanol–water partition coefficient (Wildman–Crippen LogP) is 0.829. The molecule has 0 bridgehead atoms. The second kappa shape index (κ2) is 7.06. The summed E-state index contributed by atoms with van der Waals surface area (Å²) < 4.78 is 6.66. The molecule has 2 aromatic heterocycles. The summed E-state index contributed by atoms with van der Waals surface area (Å²) in [7, 11) is 0. The van der Waals surface area contributed by atoms with E-state index in [-0.39, 0.29) is 18.0 Å². The maximum absolute atomic E-state index is 12.6. The van der Waals surface area contributed by atoms with Crippen LogP contribution < -0.4 is 10.2 Å². The number of nitrogens with zero attached hydrogens (tertiary/aromatic N) is 5. The van der Waals surface area contributed by atoms with Crippen molar-refractivity contribution in [2.45, 2.75) is 13.3 Å². The zero-order valence-corrected chi connectivity index (χ0v) is 15.0. The number of aromatic nitrogens is 4.